The highest BCUT2D eigenvalue weighted by Gasteiger charge is 2.48. The molecule has 4 aromatic rings. The number of methoxy groups -OCH3 is 2. The Morgan fingerprint density at radius 1 is 1.12 bits per heavy atom. The summed E-state index contributed by atoms with van der Waals surface area (Å²) in [5, 5.41) is 13.0. The molecule has 0 saturated carbocycles. The number of ether oxygens (including phenoxy) is 2. The number of nitrogens with zero attached hydrogens (tertiary/aromatic N) is 2. The van der Waals surface area contributed by atoms with Gasteiger partial charge in [0, 0.05) is 27.0 Å². The molecule has 5 rings (SSSR count). The van der Waals surface area contributed by atoms with E-state index < -0.39 is 17.7 Å². The fourth-order valence-electron chi connectivity index (χ4n) is 3.97. The van der Waals surface area contributed by atoms with Crippen LogP contribution in [0.3, 0.4) is 0 Å². The van der Waals surface area contributed by atoms with Gasteiger partial charge in [-0.2, -0.15) is 0 Å². The Hall–Kier alpha value is -3.63. The van der Waals surface area contributed by atoms with Gasteiger partial charge in [-0.05, 0) is 23.6 Å². The first-order valence-electron chi connectivity index (χ1n) is 10.1. The van der Waals surface area contributed by atoms with Crippen molar-refractivity contribution in [2.24, 2.45) is 0 Å². The van der Waals surface area contributed by atoms with Gasteiger partial charge in [0.25, 0.3) is 5.78 Å². The second-order valence-corrected chi connectivity index (χ2v) is 9.37. The number of carbonyl (C=O) groups is 2. The molecule has 2 aromatic heterocycles. The van der Waals surface area contributed by atoms with Gasteiger partial charge in [-0.1, -0.05) is 34.1 Å². The van der Waals surface area contributed by atoms with Crippen molar-refractivity contribution in [3.8, 4) is 11.5 Å². The molecule has 3 heterocycles. The molecule has 0 aliphatic carbocycles. The van der Waals surface area contributed by atoms with Crippen molar-refractivity contribution < 1.29 is 24.2 Å². The molecule has 1 fully saturated rings. The molecule has 172 valence electrons. The molecule has 8 nitrogen and oxygen atoms in total. The number of amides is 1. The molecule has 1 amide bonds. The SMILES string of the molecule is COc1cc2nc(N3C(=O)C(=O)/C(=C(/O)c4ccc(Br)cc4)C3c3cccs3)[nH]c2cc1OC. The number of carbonyl (C=O) groups excluding carboxylic acids is 2. The number of ketones is 1. The van der Waals surface area contributed by atoms with Crippen molar-refractivity contribution in [3.63, 3.8) is 0 Å². The lowest BCUT2D eigenvalue weighted by Gasteiger charge is -2.21. The number of aromatic nitrogens is 2. The zero-order chi connectivity index (χ0) is 24.0. The molecule has 1 aliphatic heterocycles. The zero-order valence-electron chi connectivity index (χ0n) is 18.0. The van der Waals surface area contributed by atoms with E-state index in [4.69, 9.17) is 9.47 Å². The van der Waals surface area contributed by atoms with Gasteiger partial charge in [0.1, 0.15) is 11.8 Å². The Morgan fingerprint density at radius 2 is 1.82 bits per heavy atom. The van der Waals surface area contributed by atoms with Crippen LogP contribution in [0.4, 0.5) is 5.95 Å². The highest BCUT2D eigenvalue weighted by Crippen LogP contribution is 2.43. The Morgan fingerprint density at radius 3 is 2.47 bits per heavy atom. The maximum atomic E-state index is 13.3. The average molecular weight is 540 g/mol. The summed E-state index contributed by atoms with van der Waals surface area (Å²) in [7, 11) is 3.05. The lowest BCUT2D eigenvalue weighted by molar-refractivity contribution is -0.132. The van der Waals surface area contributed by atoms with Crippen LogP contribution in [0.1, 0.15) is 16.5 Å². The van der Waals surface area contributed by atoms with Crippen LogP contribution in [0.5, 0.6) is 11.5 Å². The first-order chi connectivity index (χ1) is 16.4. The third kappa shape index (κ3) is 3.55. The third-order valence-electron chi connectivity index (χ3n) is 5.58. The lowest BCUT2D eigenvalue weighted by Crippen LogP contribution is -2.30. The van der Waals surface area contributed by atoms with Gasteiger partial charge in [-0.3, -0.25) is 14.5 Å². The van der Waals surface area contributed by atoms with Crippen molar-refractivity contribution in [1.29, 1.82) is 0 Å². The van der Waals surface area contributed by atoms with E-state index in [9.17, 15) is 14.7 Å². The van der Waals surface area contributed by atoms with Crippen LogP contribution < -0.4 is 14.4 Å². The Bertz CT molecular complexity index is 1400. The normalized spacial score (nSPS) is 17.5. The van der Waals surface area contributed by atoms with Gasteiger partial charge < -0.3 is 19.6 Å². The number of halogens is 1. The van der Waals surface area contributed by atoms with Crippen LogP contribution >= 0.6 is 27.3 Å². The van der Waals surface area contributed by atoms with Gasteiger partial charge in [0.2, 0.25) is 5.95 Å². The number of benzene rings is 2. The predicted molar refractivity (Wildman–Crippen MR) is 132 cm³/mol. The maximum absolute atomic E-state index is 13.3. The highest BCUT2D eigenvalue weighted by atomic mass is 79.9. The molecule has 1 atom stereocenters. The molecular formula is C24H18BrN3O5S. The molecular weight excluding hydrogens is 522 g/mol. The quantitative estimate of drug-likeness (QED) is 0.209. The summed E-state index contributed by atoms with van der Waals surface area (Å²) in [6, 6.07) is 13.1. The van der Waals surface area contributed by atoms with Crippen LogP contribution in [0, 0.1) is 0 Å². The Labute approximate surface area is 206 Å². The van der Waals surface area contributed by atoms with Crippen LogP contribution in [-0.4, -0.2) is 41.0 Å². The molecule has 10 heteroatoms. The van der Waals surface area contributed by atoms with Gasteiger partial charge in [-0.25, -0.2) is 4.98 Å². The fourth-order valence-corrected chi connectivity index (χ4v) is 5.06. The topological polar surface area (TPSA) is 105 Å². The van der Waals surface area contributed by atoms with Crippen molar-refractivity contribution in [1.82, 2.24) is 9.97 Å². The molecule has 34 heavy (non-hydrogen) atoms. The van der Waals surface area contributed by atoms with Gasteiger partial charge in [-0.15, -0.1) is 11.3 Å². The van der Waals surface area contributed by atoms with Crippen molar-refractivity contribution in [2.45, 2.75) is 6.04 Å². The molecule has 2 aromatic carbocycles. The van der Waals surface area contributed by atoms with E-state index in [0.29, 0.717) is 33.0 Å². The molecule has 0 radical (unpaired) electrons. The van der Waals surface area contributed by atoms with E-state index in [-0.39, 0.29) is 17.3 Å². The molecule has 2 N–H and O–H groups in total. The van der Waals surface area contributed by atoms with Gasteiger partial charge in [0.15, 0.2) is 11.5 Å². The number of nitrogens with one attached hydrogen (secondary N) is 1. The summed E-state index contributed by atoms with van der Waals surface area (Å²) in [6.45, 7) is 0. The van der Waals surface area contributed by atoms with E-state index in [2.05, 4.69) is 25.9 Å². The monoisotopic (exact) mass is 539 g/mol. The number of Topliss-reactive ketones (excluding diaryl/α,β-unsaturated/α-hetero) is 1. The van der Waals surface area contributed by atoms with E-state index >= 15 is 0 Å². The van der Waals surface area contributed by atoms with E-state index in [0.717, 1.165) is 4.47 Å². The Balaban J connectivity index is 1.69. The molecule has 1 unspecified atom stereocenters. The number of rotatable bonds is 5. The first kappa shape index (κ1) is 22.2. The predicted octanol–water partition coefficient (Wildman–Crippen LogP) is 5.03. The third-order valence-corrected chi connectivity index (χ3v) is 7.03. The fraction of sp³-hybridized carbons (Fsp3) is 0.125. The Kier molecular flexibility index (Phi) is 5.62. The standard InChI is InChI=1S/C24H18BrN3O5S/c1-32-16-10-14-15(11-17(16)33-2)27-24(26-14)28-20(18-4-3-9-34-18)19(22(30)23(28)31)21(29)12-5-7-13(25)8-6-12/h3-11,20,29H,1-2H3,(H,26,27)/b21-19+. The number of hydrogen-bond donors (Lipinski definition) is 2. The number of anilines is 1. The van der Waals surface area contributed by atoms with E-state index in [1.54, 1.807) is 36.4 Å². The van der Waals surface area contributed by atoms with Crippen LogP contribution in [0.2, 0.25) is 0 Å². The van der Waals surface area contributed by atoms with Crippen molar-refractivity contribution in [2.75, 3.05) is 19.1 Å². The number of fused-ring (bicyclic) bond motifs is 1. The van der Waals surface area contributed by atoms with E-state index in [1.807, 2.05) is 17.5 Å². The number of aromatic amines is 1. The summed E-state index contributed by atoms with van der Waals surface area (Å²) in [5.74, 6) is -0.645. The second-order valence-electron chi connectivity index (χ2n) is 7.48. The zero-order valence-corrected chi connectivity index (χ0v) is 20.4. The summed E-state index contributed by atoms with van der Waals surface area (Å²) in [4.78, 5) is 36.1. The number of H-pyrrole nitrogens is 1. The minimum Gasteiger partial charge on any atom is -0.507 e. The number of thiophene rings is 1. The highest BCUT2D eigenvalue weighted by molar-refractivity contribution is 9.10. The second kappa shape index (κ2) is 8.62. The van der Waals surface area contributed by atoms with Crippen LogP contribution in [0.15, 0.2) is 64.0 Å². The summed E-state index contributed by atoms with van der Waals surface area (Å²) in [5.41, 5.74) is 1.58. The molecule has 1 saturated heterocycles. The number of hydrogen-bond acceptors (Lipinski definition) is 7. The first-order valence-corrected chi connectivity index (χ1v) is 11.8. The van der Waals surface area contributed by atoms with E-state index in [1.165, 1.54) is 30.5 Å². The number of aliphatic hydroxyl groups excluding tert-OH is 1. The van der Waals surface area contributed by atoms with Crippen molar-refractivity contribution >= 4 is 61.7 Å². The minimum atomic E-state index is -0.840. The lowest BCUT2D eigenvalue weighted by atomic mass is 10.00. The minimum absolute atomic E-state index is 0.00499. The van der Waals surface area contributed by atoms with Crippen LogP contribution in [-0.2, 0) is 9.59 Å². The average Bonchev–Trinajstić information content (AvgIpc) is 3.56. The summed E-state index contributed by atoms with van der Waals surface area (Å²) in [6.07, 6.45) is 0. The molecule has 0 spiro atoms. The number of imidazole rings is 1. The molecule has 1 aliphatic rings. The number of aliphatic hydroxyl groups is 1. The summed E-state index contributed by atoms with van der Waals surface area (Å²) < 4.78 is 11.5. The van der Waals surface area contributed by atoms with Gasteiger partial charge >= 0.3 is 5.91 Å². The van der Waals surface area contributed by atoms with Crippen molar-refractivity contribution in [3.05, 3.63) is 74.4 Å². The summed E-state index contributed by atoms with van der Waals surface area (Å²) >= 11 is 4.74. The van der Waals surface area contributed by atoms with Gasteiger partial charge in [0.05, 0.1) is 30.8 Å². The molecule has 0 bridgehead atoms. The smallest absolute Gasteiger partial charge is 0.302 e. The largest absolute Gasteiger partial charge is 0.507 e. The van der Waals surface area contributed by atoms with Crippen LogP contribution in [0.25, 0.3) is 16.8 Å². The maximum Gasteiger partial charge on any atom is 0.302 e.